The Hall–Kier alpha value is -3.09. The Morgan fingerprint density at radius 1 is 1.07 bits per heavy atom. The molecule has 0 spiro atoms. The third-order valence-electron chi connectivity index (χ3n) is 5.18. The number of carbonyl (C=O) groups excluding carboxylic acids is 1. The first-order valence-electron chi connectivity index (χ1n) is 9.14. The second kappa shape index (κ2) is 6.72. The van der Waals surface area contributed by atoms with Gasteiger partial charge >= 0.3 is 0 Å². The fourth-order valence-corrected chi connectivity index (χ4v) is 4.15. The van der Waals surface area contributed by atoms with Crippen LogP contribution in [0.1, 0.15) is 39.0 Å². The van der Waals surface area contributed by atoms with Crippen molar-refractivity contribution in [2.24, 2.45) is 0 Å². The maximum Gasteiger partial charge on any atom is 0.296 e. The number of benzene rings is 2. The second-order valence-corrected chi connectivity index (χ2v) is 8.04. The molecule has 3 heterocycles. The van der Waals surface area contributed by atoms with E-state index in [4.69, 9.17) is 32.1 Å². The van der Waals surface area contributed by atoms with Crippen LogP contribution in [0.25, 0.3) is 11.0 Å². The maximum absolute atomic E-state index is 13.5. The van der Waals surface area contributed by atoms with E-state index in [1.54, 1.807) is 56.3 Å². The molecule has 150 valence electrons. The lowest BCUT2D eigenvalue weighted by molar-refractivity contribution is 0.0969. The third-order valence-corrected chi connectivity index (χ3v) is 5.82. The van der Waals surface area contributed by atoms with Gasteiger partial charge in [0.05, 0.1) is 17.0 Å². The molecule has 0 N–H and O–H groups in total. The molecule has 0 fully saturated rings. The van der Waals surface area contributed by atoms with E-state index in [1.807, 2.05) is 0 Å². The molecule has 0 saturated heterocycles. The number of halogens is 2. The molecule has 0 aliphatic carbocycles. The van der Waals surface area contributed by atoms with Crippen LogP contribution in [-0.2, 0) is 0 Å². The molecule has 1 aliphatic heterocycles. The van der Waals surface area contributed by atoms with Crippen molar-refractivity contribution in [3.8, 4) is 0 Å². The van der Waals surface area contributed by atoms with Crippen LogP contribution in [0.5, 0.6) is 0 Å². The van der Waals surface area contributed by atoms with E-state index in [1.165, 1.54) is 4.90 Å². The summed E-state index contributed by atoms with van der Waals surface area (Å²) in [5.41, 5.74) is 1.59. The average molecular weight is 441 g/mol. The van der Waals surface area contributed by atoms with Crippen LogP contribution in [-0.4, -0.2) is 11.1 Å². The van der Waals surface area contributed by atoms with Crippen molar-refractivity contribution in [1.82, 2.24) is 5.16 Å². The maximum atomic E-state index is 13.5. The molecule has 2 aromatic carbocycles. The van der Waals surface area contributed by atoms with E-state index >= 15 is 0 Å². The van der Waals surface area contributed by atoms with E-state index in [0.717, 1.165) is 5.56 Å². The minimum absolute atomic E-state index is 0.0279. The summed E-state index contributed by atoms with van der Waals surface area (Å²) in [6.07, 6.45) is 0. The average Bonchev–Trinajstić information content (AvgIpc) is 3.25. The molecular weight excluding hydrogens is 427 g/mol. The number of rotatable bonds is 2. The van der Waals surface area contributed by atoms with Crippen molar-refractivity contribution < 1.29 is 13.7 Å². The largest absolute Gasteiger partial charge is 0.450 e. The highest BCUT2D eigenvalue weighted by Gasteiger charge is 2.45. The van der Waals surface area contributed by atoms with E-state index in [-0.39, 0.29) is 22.6 Å². The van der Waals surface area contributed by atoms with E-state index < -0.39 is 11.9 Å². The Balaban J connectivity index is 1.84. The lowest BCUT2D eigenvalue weighted by Crippen LogP contribution is -2.29. The molecule has 0 saturated carbocycles. The van der Waals surface area contributed by atoms with E-state index in [9.17, 15) is 9.59 Å². The molecule has 1 atom stereocenters. The Labute approximate surface area is 180 Å². The molecule has 1 aliphatic rings. The number of nitrogens with zero attached hydrogens (tertiary/aromatic N) is 2. The fraction of sp³-hybridized carbons (Fsp3) is 0.136. The van der Waals surface area contributed by atoms with Gasteiger partial charge in [0.1, 0.15) is 11.3 Å². The zero-order valence-electron chi connectivity index (χ0n) is 15.9. The lowest BCUT2D eigenvalue weighted by atomic mass is 9.98. The van der Waals surface area contributed by atoms with Crippen molar-refractivity contribution in [1.29, 1.82) is 0 Å². The van der Waals surface area contributed by atoms with Gasteiger partial charge in [-0.2, -0.15) is 0 Å². The highest BCUT2D eigenvalue weighted by molar-refractivity contribution is 6.32. The SMILES string of the molecule is Cc1cc(N2C(=O)c3oc4cc(C)c(Cl)cc4c(=O)c3[C@@H]2c2cccc(Cl)c2)no1. The monoisotopic (exact) mass is 440 g/mol. The summed E-state index contributed by atoms with van der Waals surface area (Å²) in [5.74, 6) is 0.312. The predicted molar refractivity (Wildman–Crippen MR) is 114 cm³/mol. The van der Waals surface area contributed by atoms with Gasteiger partial charge in [0.2, 0.25) is 5.76 Å². The van der Waals surface area contributed by atoms with Crippen molar-refractivity contribution >= 4 is 45.9 Å². The van der Waals surface area contributed by atoms with E-state index in [0.29, 0.717) is 32.3 Å². The normalized spacial score (nSPS) is 15.8. The first-order chi connectivity index (χ1) is 14.3. The Morgan fingerprint density at radius 2 is 1.87 bits per heavy atom. The zero-order chi connectivity index (χ0) is 21.2. The van der Waals surface area contributed by atoms with Gasteiger partial charge in [-0.1, -0.05) is 40.5 Å². The first-order valence-corrected chi connectivity index (χ1v) is 9.90. The quantitative estimate of drug-likeness (QED) is 0.413. The number of aromatic nitrogens is 1. The number of aryl methyl sites for hydroxylation is 2. The molecule has 30 heavy (non-hydrogen) atoms. The topological polar surface area (TPSA) is 76.6 Å². The molecule has 2 aromatic heterocycles. The van der Waals surface area contributed by atoms with Crippen LogP contribution < -0.4 is 10.3 Å². The number of amides is 1. The summed E-state index contributed by atoms with van der Waals surface area (Å²) >= 11 is 12.4. The number of hydrogen-bond acceptors (Lipinski definition) is 5. The molecule has 5 rings (SSSR count). The highest BCUT2D eigenvalue weighted by Crippen LogP contribution is 2.41. The summed E-state index contributed by atoms with van der Waals surface area (Å²) in [7, 11) is 0. The Bertz CT molecular complexity index is 1410. The predicted octanol–water partition coefficient (Wildman–Crippen LogP) is 5.45. The second-order valence-electron chi connectivity index (χ2n) is 7.20. The molecule has 6 nitrogen and oxygen atoms in total. The van der Waals surface area contributed by atoms with Gasteiger partial charge < -0.3 is 8.94 Å². The number of fused-ring (bicyclic) bond motifs is 2. The standard InChI is InChI=1S/C22H14Cl2N2O4/c1-10-6-16-14(9-15(10)24)20(27)18-19(12-4-3-5-13(23)8-12)26(22(28)21(18)29-16)17-7-11(2)30-25-17/h3-9,19H,1-2H3/t19-/m0/s1. The fourth-order valence-electron chi connectivity index (χ4n) is 3.79. The molecule has 0 unspecified atom stereocenters. The van der Waals surface area contributed by atoms with Crippen LogP contribution in [0.4, 0.5) is 5.82 Å². The zero-order valence-corrected chi connectivity index (χ0v) is 17.4. The van der Waals surface area contributed by atoms with Gasteiger partial charge in [0.15, 0.2) is 11.2 Å². The smallest absolute Gasteiger partial charge is 0.296 e. The third kappa shape index (κ3) is 2.75. The summed E-state index contributed by atoms with van der Waals surface area (Å²) < 4.78 is 11.1. The summed E-state index contributed by atoms with van der Waals surface area (Å²) in [5, 5.41) is 5.22. The molecule has 1 amide bonds. The highest BCUT2D eigenvalue weighted by atomic mass is 35.5. The van der Waals surface area contributed by atoms with Gasteiger partial charge in [-0.15, -0.1) is 0 Å². The van der Waals surface area contributed by atoms with Crippen molar-refractivity contribution in [2.45, 2.75) is 19.9 Å². The van der Waals surface area contributed by atoms with Crippen molar-refractivity contribution in [3.63, 3.8) is 0 Å². The van der Waals surface area contributed by atoms with Crippen LogP contribution in [0, 0.1) is 13.8 Å². The van der Waals surface area contributed by atoms with Crippen molar-refractivity contribution in [2.75, 3.05) is 4.90 Å². The number of anilines is 1. The van der Waals surface area contributed by atoms with Crippen LogP contribution >= 0.6 is 23.2 Å². The van der Waals surface area contributed by atoms with Crippen LogP contribution in [0.3, 0.4) is 0 Å². The molecule has 4 aromatic rings. The number of carbonyl (C=O) groups is 1. The van der Waals surface area contributed by atoms with Gasteiger partial charge in [-0.25, -0.2) is 0 Å². The number of hydrogen-bond donors (Lipinski definition) is 0. The van der Waals surface area contributed by atoms with Gasteiger partial charge in [0.25, 0.3) is 5.91 Å². The summed E-state index contributed by atoms with van der Waals surface area (Å²) in [6.45, 7) is 3.52. The van der Waals surface area contributed by atoms with Crippen LogP contribution in [0.2, 0.25) is 10.0 Å². The molecular formula is C22H14Cl2N2O4. The van der Waals surface area contributed by atoms with E-state index in [2.05, 4.69) is 5.16 Å². The minimum Gasteiger partial charge on any atom is -0.450 e. The lowest BCUT2D eigenvalue weighted by Gasteiger charge is -2.22. The van der Waals surface area contributed by atoms with Crippen LogP contribution in [0.15, 0.2) is 56.2 Å². The summed E-state index contributed by atoms with van der Waals surface area (Å²) in [6, 6.07) is 11.1. The van der Waals surface area contributed by atoms with Gasteiger partial charge in [0, 0.05) is 16.1 Å². The molecule has 0 radical (unpaired) electrons. The van der Waals surface area contributed by atoms with Gasteiger partial charge in [-0.3, -0.25) is 14.5 Å². The Kier molecular flexibility index (Phi) is 4.24. The molecule has 8 heteroatoms. The minimum atomic E-state index is -0.767. The summed E-state index contributed by atoms with van der Waals surface area (Å²) in [4.78, 5) is 28.3. The molecule has 0 bridgehead atoms. The van der Waals surface area contributed by atoms with Gasteiger partial charge in [-0.05, 0) is 49.2 Å². The first kappa shape index (κ1) is 18.9. The Morgan fingerprint density at radius 3 is 2.57 bits per heavy atom. The van der Waals surface area contributed by atoms with Crippen molar-refractivity contribution in [3.05, 3.63) is 90.9 Å².